The monoisotopic (exact) mass is 550 g/mol. The summed E-state index contributed by atoms with van der Waals surface area (Å²) in [7, 11) is 1.64. The lowest BCUT2D eigenvalue weighted by molar-refractivity contribution is 0.139. The predicted molar refractivity (Wildman–Crippen MR) is 157 cm³/mol. The Labute approximate surface area is 236 Å². The number of rotatable bonds is 9. The van der Waals surface area contributed by atoms with E-state index in [1.165, 1.54) is 0 Å². The van der Waals surface area contributed by atoms with E-state index >= 15 is 0 Å². The summed E-state index contributed by atoms with van der Waals surface area (Å²) in [5.41, 5.74) is 1.03. The third-order valence-electron chi connectivity index (χ3n) is 7.67. The highest BCUT2D eigenvalue weighted by atomic mass is 16.5. The number of nitrogens with one attached hydrogen (secondary N) is 2. The molecule has 2 saturated heterocycles. The Balaban J connectivity index is 1.41. The van der Waals surface area contributed by atoms with Crippen LogP contribution in [0.5, 0.6) is 0 Å². The third-order valence-corrected chi connectivity index (χ3v) is 7.67. The number of urea groups is 1. The minimum atomic E-state index is -0.0494. The van der Waals surface area contributed by atoms with Crippen molar-refractivity contribution in [2.45, 2.75) is 52.6 Å². The molecule has 40 heavy (non-hydrogen) atoms. The van der Waals surface area contributed by atoms with Gasteiger partial charge in [-0.05, 0) is 32.6 Å². The summed E-state index contributed by atoms with van der Waals surface area (Å²) in [4.78, 5) is 34.0. The summed E-state index contributed by atoms with van der Waals surface area (Å²) < 4.78 is 7.09. The average Bonchev–Trinajstić information content (AvgIpc) is 3.63. The first kappa shape index (κ1) is 27.9. The minimum Gasteiger partial charge on any atom is -0.383 e. The molecular formula is C28H42N10O2. The van der Waals surface area contributed by atoms with Crippen LogP contribution in [0, 0.1) is 5.92 Å². The van der Waals surface area contributed by atoms with Crippen molar-refractivity contribution in [1.82, 2.24) is 34.9 Å². The number of methoxy groups -OCH3 is 1. The van der Waals surface area contributed by atoms with E-state index < -0.39 is 0 Å². The maximum atomic E-state index is 12.9. The number of aromatic nitrogens is 5. The molecule has 2 aliphatic rings. The smallest absolute Gasteiger partial charge is 0.317 e. The van der Waals surface area contributed by atoms with Crippen LogP contribution in [0.25, 0.3) is 10.9 Å². The second-order valence-electron chi connectivity index (χ2n) is 11.2. The summed E-state index contributed by atoms with van der Waals surface area (Å²) >= 11 is 0. The fourth-order valence-electron chi connectivity index (χ4n) is 5.46. The Kier molecular flexibility index (Phi) is 8.53. The minimum absolute atomic E-state index is 0.0344. The highest BCUT2D eigenvalue weighted by Gasteiger charge is 2.34. The van der Waals surface area contributed by atoms with Crippen LogP contribution in [-0.2, 0) is 4.74 Å². The van der Waals surface area contributed by atoms with Gasteiger partial charge in [0.05, 0.1) is 24.4 Å². The summed E-state index contributed by atoms with van der Waals surface area (Å²) in [5, 5.41) is 11.9. The molecule has 0 aromatic carbocycles. The lowest BCUT2D eigenvalue weighted by atomic mass is 10.00. The zero-order chi connectivity index (χ0) is 28.2. The van der Waals surface area contributed by atoms with E-state index in [1.54, 1.807) is 7.11 Å². The lowest BCUT2D eigenvalue weighted by Crippen LogP contribution is -2.60. The summed E-state index contributed by atoms with van der Waals surface area (Å²) in [5.74, 6) is 3.28. The van der Waals surface area contributed by atoms with E-state index in [1.807, 2.05) is 34.1 Å². The molecule has 1 unspecified atom stereocenters. The first-order chi connectivity index (χ1) is 19.3. The number of hydrogen-bond acceptors (Lipinski definition) is 9. The molecule has 3 aromatic rings. The maximum absolute atomic E-state index is 12.9. The summed E-state index contributed by atoms with van der Waals surface area (Å²) in [6, 6.07) is 4.27. The van der Waals surface area contributed by atoms with Gasteiger partial charge >= 0.3 is 6.03 Å². The summed E-state index contributed by atoms with van der Waals surface area (Å²) in [6.45, 7) is 13.4. The molecule has 0 saturated carbocycles. The highest BCUT2D eigenvalue weighted by Crippen LogP contribution is 2.28. The number of anilines is 4. The molecule has 12 heteroatoms. The Morgan fingerprint density at radius 1 is 1.02 bits per heavy atom. The van der Waals surface area contributed by atoms with Crippen molar-refractivity contribution in [2.24, 2.45) is 5.92 Å². The lowest BCUT2D eigenvalue weighted by Gasteiger charge is -2.43. The first-order valence-corrected chi connectivity index (χ1v) is 14.4. The molecule has 5 rings (SSSR count). The van der Waals surface area contributed by atoms with Crippen molar-refractivity contribution in [3.63, 3.8) is 0 Å². The second kappa shape index (κ2) is 12.2. The quantitative estimate of drug-likeness (QED) is 0.385. The number of hydrogen-bond donors (Lipinski definition) is 2. The summed E-state index contributed by atoms with van der Waals surface area (Å²) in [6.07, 6.45) is 6.01. The number of ether oxygens (including phenoxy) is 1. The van der Waals surface area contributed by atoms with E-state index in [0.29, 0.717) is 50.4 Å². The van der Waals surface area contributed by atoms with Crippen molar-refractivity contribution < 1.29 is 9.53 Å². The molecule has 3 aromatic heterocycles. The van der Waals surface area contributed by atoms with Crippen LogP contribution in [0.2, 0.25) is 0 Å². The van der Waals surface area contributed by atoms with Crippen LogP contribution in [0.4, 0.5) is 28.2 Å². The Bertz CT molecular complexity index is 1300. The van der Waals surface area contributed by atoms with Crippen LogP contribution < -0.4 is 20.4 Å². The molecule has 12 nitrogen and oxygen atoms in total. The number of pyridine rings is 1. The van der Waals surface area contributed by atoms with Gasteiger partial charge in [-0.1, -0.05) is 13.8 Å². The molecule has 0 bridgehead atoms. The Hall–Kier alpha value is -3.67. The number of piperazine rings is 1. The van der Waals surface area contributed by atoms with Gasteiger partial charge in [-0.3, -0.25) is 4.68 Å². The van der Waals surface area contributed by atoms with Gasteiger partial charge in [0, 0.05) is 76.1 Å². The van der Waals surface area contributed by atoms with Gasteiger partial charge in [0.1, 0.15) is 17.5 Å². The number of amides is 2. The normalized spacial score (nSPS) is 17.9. The van der Waals surface area contributed by atoms with Gasteiger partial charge in [-0.2, -0.15) is 15.1 Å². The zero-order valence-corrected chi connectivity index (χ0v) is 24.3. The molecule has 2 amide bonds. The highest BCUT2D eigenvalue weighted by molar-refractivity contribution is 5.81. The Morgan fingerprint density at radius 2 is 1.82 bits per heavy atom. The number of carbonyl (C=O) groups is 1. The molecule has 2 fully saturated rings. The van der Waals surface area contributed by atoms with Crippen molar-refractivity contribution in [3.8, 4) is 0 Å². The van der Waals surface area contributed by atoms with Gasteiger partial charge < -0.3 is 30.1 Å². The van der Waals surface area contributed by atoms with Crippen molar-refractivity contribution in [3.05, 3.63) is 24.5 Å². The SMILES string of the molecule is COCCNC(=O)N1CCN(c2nc(Nc3cc4c(cn3)cnn4C(C)C)cc(N3CCCC3)n2)CC1C(C)C. The zero-order valence-electron chi connectivity index (χ0n) is 24.3. The molecule has 0 spiro atoms. The van der Waals surface area contributed by atoms with E-state index in [0.717, 1.165) is 42.7 Å². The van der Waals surface area contributed by atoms with Crippen molar-refractivity contribution >= 4 is 40.3 Å². The number of nitrogens with zero attached hydrogens (tertiary/aromatic N) is 8. The largest absolute Gasteiger partial charge is 0.383 e. The molecule has 216 valence electrons. The number of fused-ring (bicyclic) bond motifs is 1. The number of carbonyl (C=O) groups excluding carboxylic acids is 1. The van der Waals surface area contributed by atoms with Crippen LogP contribution >= 0.6 is 0 Å². The van der Waals surface area contributed by atoms with E-state index in [2.05, 4.69) is 58.2 Å². The molecule has 5 heterocycles. The van der Waals surface area contributed by atoms with Gasteiger partial charge in [0.15, 0.2) is 0 Å². The van der Waals surface area contributed by atoms with E-state index in [9.17, 15) is 4.79 Å². The third kappa shape index (κ3) is 6.06. The first-order valence-electron chi connectivity index (χ1n) is 14.4. The standard InChI is InChI=1S/C28H42N10O2/c1-19(2)23-18-36(11-12-37(23)28(39)29-8-13-40-5)27-33-25(15-26(34-27)35-9-6-7-10-35)32-24-14-22-21(16-30-24)17-31-38(22)20(3)4/h14-17,19-20,23H,6-13,18H2,1-5H3,(H,29,39)(H,30,32,33,34). The van der Waals surface area contributed by atoms with E-state index in [4.69, 9.17) is 14.7 Å². The van der Waals surface area contributed by atoms with Gasteiger partial charge in [-0.15, -0.1) is 0 Å². The Morgan fingerprint density at radius 3 is 2.55 bits per heavy atom. The van der Waals surface area contributed by atoms with Gasteiger partial charge in [0.25, 0.3) is 0 Å². The fourth-order valence-corrected chi connectivity index (χ4v) is 5.46. The van der Waals surface area contributed by atoms with Gasteiger partial charge in [0.2, 0.25) is 5.95 Å². The van der Waals surface area contributed by atoms with Crippen LogP contribution in [0.1, 0.15) is 46.6 Å². The van der Waals surface area contributed by atoms with Crippen molar-refractivity contribution in [1.29, 1.82) is 0 Å². The topological polar surface area (TPSA) is 117 Å². The fraction of sp³-hybridized carbons (Fsp3) is 0.607. The average molecular weight is 551 g/mol. The van der Waals surface area contributed by atoms with Crippen LogP contribution in [0.3, 0.4) is 0 Å². The van der Waals surface area contributed by atoms with E-state index in [-0.39, 0.29) is 24.0 Å². The predicted octanol–water partition coefficient (Wildman–Crippen LogP) is 3.65. The van der Waals surface area contributed by atoms with Crippen molar-refractivity contribution in [2.75, 3.05) is 68.1 Å². The van der Waals surface area contributed by atoms with Crippen LogP contribution in [-0.4, -0.2) is 94.7 Å². The molecular weight excluding hydrogens is 508 g/mol. The molecule has 1 atom stereocenters. The molecule has 0 radical (unpaired) electrons. The van der Waals surface area contributed by atoms with Crippen LogP contribution in [0.15, 0.2) is 24.5 Å². The second-order valence-corrected chi connectivity index (χ2v) is 11.2. The maximum Gasteiger partial charge on any atom is 0.317 e. The molecule has 0 aliphatic carbocycles. The molecule has 2 aliphatic heterocycles. The van der Waals surface area contributed by atoms with Gasteiger partial charge in [-0.25, -0.2) is 9.78 Å². The molecule has 2 N–H and O–H groups in total.